The SMILES string of the molecule is CNCC(O)Cc1cc(F)c(F)cc1F. The van der Waals surface area contributed by atoms with Gasteiger partial charge in [-0.05, 0) is 18.7 Å². The molecule has 15 heavy (non-hydrogen) atoms. The highest BCUT2D eigenvalue weighted by molar-refractivity contribution is 5.20. The number of hydrogen-bond donors (Lipinski definition) is 2. The Morgan fingerprint density at radius 3 is 2.40 bits per heavy atom. The van der Waals surface area contributed by atoms with Crippen molar-refractivity contribution in [2.45, 2.75) is 12.5 Å². The normalized spacial score (nSPS) is 12.9. The molecule has 0 radical (unpaired) electrons. The molecule has 5 heteroatoms. The van der Waals surface area contributed by atoms with Gasteiger partial charge in [0.05, 0.1) is 6.10 Å². The maximum Gasteiger partial charge on any atom is 0.161 e. The Balaban J connectivity index is 2.81. The van der Waals surface area contributed by atoms with Crippen molar-refractivity contribution in [3.8, 4) is 0 Å². The molecule has 0 heterocycles. The quantitative estimate of drug-likeness (QED) is 0.746. The lowest BCUT2D eigenvalue weighted by Gasteiger charge is -2.10. The average molecular weight is 219 g/mol. The topological polar surface area (TPSA) is 32.3 Å². The first kappa shape index (κ1) is 12.0. The Morgan fingerprint density at radius 2 is 1.80 bits per heavy atom. The summed E-state index contributed by atoms with van der Waals surface area (Å²) in [6, 6.07) is 1.25. The van der Waals surface area contributed by atoms with Crippen molar-refractivity contribution in [1.82, 2.24) is 5.32 Å². The number of aliphatic hydroxyl groups excluding tert-OH is 1. The largest absolute Gasteiger partial charge is 0.391 e. The van der Waals surface area contributed by atoms with Gasteiger partial charge in [-0.15, -0.1) is 0 Å². The molecule has 0 bridgehead atoms. The van der Waals surface area contributed by atoms with Crippen molar-refractivity contribution in [3.63, 3.8) is 0 Å². The van der Waals surface area contributed by atoms with E-state index in [-0.39, 0.29) is 18.5 Å². The maximum atomic E-state index is 13.1. The zero-order valence-electron chi connectivity index (χ0n) is 8.23. The minimum Gasteiger partial charge on any atom is -0.391 e. The number of benzene rings is 1. The highest BCUT2D eigenvalue weighted by Gasteiger charge is 2.13. The monoisotopic (exact) mass is 219 g/mol. The number of hydrogen-bond acceptors (Lipinski definition) is 2. The van der Waals surface area contributed by atoms with Crippen LogP contribution in [-0.2, 0) is 6.42 Å². The van der Waals surface area contributed by atoms with E-state index in [4.69, 9.17) is 0 Å². The van der Waals surface area contributed by atoms with Gasteiger partial charge in [0.25, 0.3) is 0 Å². The van der Waals surface area contributed by atoms with Crippen molar-refractivity contribution in [1.29, 1.82) is 0 Å². The molecule has 84 valence electrons. The molecule has 1 unspecified atom stereocenters. The van der Waals surface area contributed by atoms with E-state index < -0.39 is 23.6 Å². The van der Waals surface area contributed by atoms with Crippen LogP contribution in [0, 0.1) is 17.5 Å². The summed E-state index contributed by atoms with van der Waals surface area (Å²) in [6.07, 6.45) is -0.876. The van der Waals surface area contributed by atoms with Crippen LogP contribution < -0.4 is 5.32 Å². The van der Waals surface area contributed by atoms with Crippen LogP contribution in [0.2, 0.25) is 0 Å². The smallest absolute Gasteiger partial charge is 0.161 e. The van der Waals surface area contributed by atoms with Crippen LogP contribution in [0.5, 0.6) is 0 Å². The molecule has 1 aromatic rings. The summed E-state index contributed by atoms with van der Waals surface area (Å²) >= 11 is 0. The van der Waals surface area contributed by atoms with Crippen molar-refractivity contribution >= 4 is 0 Å². The van der Waals surface area contributed by atoms with Crippen LogP contribution in [0.3, 0.4) is 0 Å². The summed E-state index contributed by atoms with van der Waals surface area (Å²) in [6.45, 7) is 0.262. The zero-order valence-corrected chi connectivity index (χ0v) is 8.23. The van der Waals surface area contributed by atoms with Gasteiger partial charge >= 0.3 is 0 Å². The molecule has 0 saturated carbocycles. The number of halogens is 3. The molecule has 1 atom stereocenters. The van der Waals surface area contributed by atoms with Crippen LogP contribution in [0.15, 0.2) is 12.1 Å². The minimum atomic E-state index is -1.22. The van der Waals surface area contributed by atoms with Crippen molar-refractivity contribution < 1.29 is 18.3 Å². The van der Waals surface area contributed by atoms with Crippen LogP contribution in [-0.4, -0.2) is 24.8 Å². The third-order valence-corrected chi connectivity index (χ3v) is 1.98. The van der Waals surface area contributed by atoms with Crippen molar-refractivity contribution in [3.05, 3.63) is 35.1 Å². The predicted octanol–water partition coefficient (Wildman–Crippen LogP) is 1.23. The number of nitrogens with one attached hydrogen (secondary N) is 1. The van der Waals surface area contributed by atoms with Gasteiger partial charge in [-0.1, -0.05) is 0 Å². The summed E-state index contributed by atoms with van der Waals surface area (Å²) in [4.78, 5) is 0. The van der Waals surface area contributed by atoms with Gasteiger partial charge in [-0.25, -0.2) is 13.2 Å². The molecule has 0 aromatic heterocycles. The molecule has 1 aromatic carbocycles. The number of rotatable bonds is 4. The van der Waals surface area contributed by atoms with Gasteiger partial charge in [0.15, 0.2) is 11.6 Å². The van der Waals surface area contributed by atoms with Gasteiger partial charge in [0.2, 0.25) is 0 Å². The number of likely N-dealkylation sites (N-methyl/N-ethyl adjacent to an activating group) is 1. The lowest BCUT2D eigenvalue weighted by molar-refractivity contribution is 0.173. The molecule has 0 spiro atoms. The Morgan fingerprint density at radius 1 is 1.20 bits per heavy atom. The average Bonchev–Trinajstić information content (AvgIpc) is 2.14. The van der Waals surface area contributed by atoms with Crippen LogP contribution in [0.4, 0.5) is 13.2 Å². The van der Waals surface area contributed by atoms with E-state index in [0.29, 0.717) is 6.07 Å². The first-order valence-corrected chi connectivity index (χ1v) is 4.50. The van der Waals surface area contributed by atoms with Crippen molar-refractivity contribution in [2.75, 3.05) is 13.6 Å². The van der Waals surface area contributed by atoms with Crippen LogP contribution >= 0.6 is 0 Å². The molecule has 2 nitrogen and oxygen atoms in total. The fourth-order valence-electron chi connectivity index (χ4n) is 1.28. The molecule has 0 fully saturated rings. The first-order chi connectivity index (χ1) is 7.04. The fraction of sp³-hybridized carbons (Fsp3) is 0.400. The zero-order chi connectivity index (χ0) is 11.4. The lowest BCUT2D eigenvalue weighted by Crippen LogP contribution is -2.25. The van der Waals surface area contributed by atoms with E-state index in [0.717, 1.165) is 6.07 Å². The van der Waals surface area contributed by atoms with E-state index in [9.17, 15) is 18.3 Å². The lowest BCUT2D eigenvalue weighted by atomic mass is 10.1. The summed E-state index contributed by atoms with van der Waals surface area (Å²) in [5.41, 5.74) is -0.0309. The predicted molar refractivity (Wildman–Crippen MR) is 50.0 cm³/mol. The summed E-state index contributed by atoms with van der Waals surface area (Å²) in [7, 11) is 1.63. The third-order valence-electron chi connectivity index (χ3n) is 1.98. The van der Waals surface area contributed by atoms with E-state index >= 15 is 0 Å². The number of aliphatic hydroxyl groups is 1. The van der Waals surface area contributed by atoms with Gasteiger partial charge in [0, 0.05) is 19.0 Å². The van der Waals surface area contributed by atoms with E-state index in [1.54, 1.807) is 7.05 Å². The molecule has 2 N–H and O–H groups in total. The minimum absolute atomic E-state index is 0.0309. The molecular formula is C10H12F3NO. The third kappa shape index (κ3) is 3.21. The van der Waals surface area contributed by atoms with Gasteiger partial charge in [0.1, 0.15) is 5.82 Å². The molecule has 1 rings (SSSR count). The van der Waals surface area contributed by atoms with E-state index in [2.05, 4.69) is 5.32 Å². The summed E-state index contributed by atoms with van der Waals surface area (Å²) < 4.78 is 38.4. The molecular weight excluding hydrogens is 207 g/mol. The Kier molecular flexibility index (Phi) is 4.11. The van der Waals surface area contributed by atoms with Gasteiger partial charge in [-0.3, -0.25) is 0 Å². The Bertz CT molecular complexity index is 344. The van der Waals surface area contributed by atoms with Gasteiger partial charge < -0.3 is 10.4 Å². The van der Waals surface area contributed by atoms with Crippen molar-refractivity contribution in [2.24, 2.45) is 0 Å². The second kappa shape index (κ2) is 5.14. The summed E-state index contributed by atoms with van der Waals surface area (Å²) in [5.74, 6) is -3.17. The standard InChI is InChI=1S/C10H12F3NO/c1-14-5-7(15)2-6-3-9(12)10(13)4-8(6)11/h3-4,7,14-15H,2,5H2,1H3. The molecule has 0 aliphatic heterocycles. The Hall–Kier alpha value is -1.07. The summed E-state index contributed by atoms with van der Waals surface area (Å²) in [5, 5.41) is 12.0. The van der Waals surface area contributed by atoms with Crippen LogP contribution in [0.25, 0.3) is 0 Å². The molecule has 0 aliphatic carbocycles. The molecule has 0 saturated heterocycles. The molecule has 0 amide bonds. The highest BCUT2D eigenvalue weighted by Crippen LogP contribution is 2.15. The first-order valence-electron chi connectivity index (χ1n) is 4.50. The highest BCUT2D eigenvalue weighted by atomic mass is 19.2. The van der Waals surface area contributed by atoms with Gasteiger partial charge in [-0.2, -0.15) is 0 Å². The van der Waals surface area contributed by atoms with E-state index in [1.807, 2.05) is 0 Å². The second-order valence-corrected chi connectivity index (χ2v) is 3.27. The maximum absolute atomic E-state index is 13.1. The second-order valence-electron chi connectivity index (χ2n) is 3.27. The molecule has 0 aliphatic rings. The fourth-order valence-corrected chi connectivity index (χ4v) is 1.28. The Labute approximate surface area is 85.7 Å². The van der Waals surface area contributed by atoms with Crippen LogP contribution in [0.1, 0.15) is 5.56 Å². The van der Waals surface area contributed by atoms with E-state index in [1.165, 1.54) is 0 Å².